The second kappa shape index (κ2) is 6.73. The van der Waals surface area contributed by atoms with E-state index in [2.05, 4.69) is 14.8 Å². The quantitative estimate of drug-likeness (QED) is 0.288. The number of piperidine rings is 1. The summed E-state index contributed by atoms with van der Waals surface area (Å²) in [6, 6.07) is 0.0177. The molecule has 2 aliphatic rings. The van der Waals surface area contributed by atoms with E-state index in [1.165, 1.54) is 0 Å². The van der Waals surface area contributed by atoms with Crippen molar-refractivity contribution in [3.63, 3.8) is 0 Å². The van der Waals surface area contributed by atoms with Crippen molar-refractivity contribution in [3.05, 3.63) is 0 Å². The largest absolute Gasteiger partial charge is 0.409 e. The monoisotopic (exact) mass is 304 g/mol. The molecule has 0 aromatic carbocycles. The molecule has 1 aliphatic carbocycles. The molecule has 0 atom stereocenters. The van der Waals surface area contributed by atoms with Crippen LogP contribution in [0.2, 0.25) is 0 Å². The van der Waals surface area contributed by atoms with Gasteiger partial charge in [0.05, 0.1) is 11.8 Å². The smallest absolute Gasteiger partial charge is 0.214 e. The third-order valence-corrected chi connectivity index (χ3v) is 6.18. The SMILES string of the molecule is NC(CN1CCC(NS(=O)(=O)C2CCCC2)CC1)=NO. The average Bonchev–Trinajstić information content (AvgIpc) is 2.95. The first-order chi connectivity index (χ1) is 9.51. The van der Waals surface area contributed by atoms with Crippen LogP contribution in [0, 0.1) is 0 Å². The van der Waals surface area contributed by atoms with Crippen LogP contribution in [0.15, 0.2) is 5.16 Å². The van der Waals surface area contributed by atoms with Gasteiger partial charge in [0.2, 0.25) is 10.0 Å². The molecule has 2 rings (SSSR count). The van der Waals surface area contributed by atoms with Crippen LogP contribution in [0.1, 0.15) is 38.5 Å². The minimum Gasteiger partial charge on any atom is -0.409 e. The summed E-state index contributed by atoms with van der Waals surface area (Å²) in [5.41, 5.74) is 5.47. The summed E-state index contributed by atoms with van der Waals surface area (Å²) in [6.45, 7) is 1.95. The molecule has 116 valence electrons. The van der Waals surface area contributed by atoms with Crippen LogP contribution >= 0.6 is 0 Å². The highest BCUT2D eigenvalue weighted by atomic mass is 32.2. The summed E-state index contributed by atoms with van der Waals surface area (Å²) in [6.07, 6.45) is 5.15. The zero-order valence-corrected chi connectivity index (χ0v) is 12.5. The molecule has 0 aromatic rings. The predicted octanol–water partition coefficient (Wildman–Crippen LogP) is 0.0592. The molecule has 0 spiro atoms. The lowest BCUT2D eigenvalue weighted by molar-refractivity contribution is 0.228. The van der Waals surface area contributed by atoms with Gasteiger partial charge in [-0.05, 0) is 25.7 Å². The van der Waals surface area contributed by atoms with Gasteiger partial charge in [0.25, 0.3) is 0 Å². The molecule has 0 aromatic heterocycles. The highest BCUT2D eigenvalue weighted by Crippen LogP contribution is 2.25. The Kier molecular flexibility index (Phi) is 5.22. The number of sulfonamides is 1. The minimum absolute atomic E-state index is 0.0177. The van der Waals surface area contributed by atoms with E-state index < -0.39 is 10.0 Å². The molecule has 8 heteroatoms. The molecule has 1 heterocycles. The van der Waals surface area contributed by atoms with Crippen LogP contribution in [0.25, 0.3) is 0 Å². The Hall–Kier alpha value is -0.860. The van der Waals surface area contributed by atoms with Crippen molar-refractivity contribution in [1.82, 2.24) is 9.62 Å². The Morgan fingerprint density at radius 1 is 1.25 bits per heavy atom. The van der Waals surface area contributed by atoms with E-state index in [4.69, 9.17) is 10.9 Å². The van der Waals surface area contributed by atoms with Crippen molar-refractivity contribution in [2.24, 2.45) is 10.9 Å². The molecule has 20 heavy (non-hydrogen) atoms. The number of rotatable bonds is 5. The van der Waals surface area contributed by atoms with Crippen LogP contribution in [0.3, 0.4) is 0 Å². The van der Waals surface area contributed by atoms with Crippen LogP contribution in [0.5, 0.6) is 0 Å². The van der Waals surface area contributed by atoms with E-state index >= 15 is 0 Å². The van der Waals surface area contributed by atoms with Crippen molar-refractivity contribution in [3.8, 4) is 0 Å². The van der Waals surface area contributed by atoms with Gasteiger partial charge in [-0.15, -0.1) is 0 Å². The van der Waals surface area contributed by atoms with Crippen molar-refractivity contribution in [2.45, 2.75) is 49.8 Å². The standard InChI is InChI=1S/C12H24N4O3S/c13-12(14-17)9-16-7-5-10(6-8-16)15-20(18,19)11-3-1-2-4-11/h10-11,15,17H,1-9H2,(H2,13,14). The first kappa shape index (κ1) is 15.5. The Morgan fingerprint density at radius 2 is 1.85 bits per heavy atom. The topological polar surface area (TPSA) is 108 Å². The minimum atomic E-state index is -3.16. The van der Waals surface area contributed by atoms with Gasteiger partial charge in [0, 0.05) is 19.1 Å². The van der Waals surface area contributed by atoms with Gasteiger partial charge in [-0.25, -0.2) is 13.1 Å². The van der Waals surface area contributed by atoms with Gasteiger partial charge < -0.3 is 10.9 Å². The lowest BCUT2D eigenvalue weighted by Gasteiger charge is -2.32. The summed E-state index contributed by atoms with van der Waals surface area (Å²) < 4.78 is 27.3. The van der Waals surface area contributed by atoms with E-state index in [9.17, 15) is 8.42 Å². The van der Waals surface area contributed by atoms with Gasteiger partial charge in [-0.2, -0.15) is 0 Å². The third-order valence-electron chi connectivity index (χ3n) is 4.17. The molecule has 0 bridgehead atoms. The van der Waals surface area contributed by atoms with Gasteiger partial charge in [-0.1, -0.05) is 18.0 Å². The number of nitrogens with two attached hydrogens (primary N) is 1. The van der Waals surface area contributed by atoms with Crippen molar-refractivity contribution in [1.29, 1.82) is 0 Å². The van der Waals surface area contributed by atoms with Gasteiger partial charge in [0.1, 0.15) is 0 Å². The summed E-state index contributed by atoms with van der Waals surface area (Å²) in [5.74, 6) is 0.190. The van der Waals surface area contributed by atoms with E-state index in [0.29, 0.717) is 6.54 Å². The number of likely N-dealkylation sites (tertiary alicyclic amines) is 1. The fourth-order valence-corrected chi connectivity index (χ4v) is 4.84. The van der Waals surface area contributed by atoms with Crippen LogP contribution < -0.4 is 10.5 Å². The maximum absolute atomic E-state index is 12.2. The molecule has 1 aliphatic heterocycles. The molecule has 1 saturated carbocycles. The van der Waals surface area contributed by atoms with Crippen molar-refractivity contribution >= 4 is 15.9 Å². The Labute approximate surface area is 120 Å². The Balaban J connectivity index is 1.79. The predicted molar refractivity (Wildman–Crippen MR) is 77.2 cm³/mol. The van der Waals surface area contributed by atoms with Crippen LogP contribution in [0.4, 0.5) is 0 Å². The van der Waals surface area contributed by atoms with E-state index in [0.717, 1.165) is 51.6 Å². The maximum Gasteiger partial charge on any atom is 0.214 e. The number of hydrogen-bond donors (Lipinski definition) is 3. The van der Waals surface area contributed by atoms with E-state index in [1.807, 2.05) is 0 Å². The van der Waals surface area contributed by atoms with Gasteiger partial charge in [-0.3, -0.25) is 4.90 Å². The lowest BCUT2D eigenvalue weighted by atomic mass is 10.1. The summed E-state index contributed by atoms with van der Waals surface area (Å²) in [4.78, 5) is 2.06. The van der Waals surface area contributed by atoms with Crippen molar-refractivity contribution < 1.29 is 13.6 Å². The summed E-state index contributed by atoms with van der Waals surface area (Å²) in [5, 5.41) is 11.3. The first-order valence-corrected chi connectivity index (χ1v) is 8.76. The summed E-state index contributed by atoms with van der Waals surface area (Å²) >= 11 is 0. The zero-order valence-electron chi connectivity index (χ0n) is 11.7. The average molecular weight is 304 g/mol. The van der Waals surface area contributed by atoms with Gasteiger partial charge in [0.15, 0.2) is 5.84 Å². The molecular weight excluding hydrogens is 280 g/mol. The van der Waals surface area contributed by atoms with E-state index in [-0.39, 0.29) is 17.1 Å². The van der Waals surface area contributed by atoms with Gasteiger partial charge >= 0.3 is 0 Å². The maximum atomic E-state index is 12.2. The normalized spacial score (nSPS) is 24.3. The Bertz CT molecular complexity index is 438. The van der Waals surface area contributed by atoms with E-state index in [1.54, 1.807) is 0 Å². The molecule has 1 saturated heterocycles. The number of amidine groups is 1. The van der Waals surface area contributed by atoms with Crippen molar-refractivity contribution in [2.75, 3.05) is 19.6 Å². The number of nitrogens with one attached hydrogen (secondary N) is 1. The highest BCUT2D eigenvalue weighted by molar-refractivity contribution is 7.90. The number of nitrogens with zero attached hydrogens (tertiary/aromatic N) is 2. The zero-order chi connectivity index (χ0) is 14.6. The molecule has 0 amide bonds. The highest BCUT2D eigenvalue weighted by Gasteiger charge is 2.31. The fraction of sp³-hybridized carbons (Fsp3) is 0.917. The first-order valence-electron chi connectivity index (χ1n) is 7.21. The molecule has 7 nitrogen and oxygen atoms in total. The molecule has 0 unspecified atom stereocenters. The fourth-order valence-electron chi connectivity index (χ4n) is 3.00. The Morgan fingerprint density at radius 3 is 2.40 bits per heavy atom. The molecule has 4 N–H and O–H groups in total. The number of oxime groups is 1. The second-order valence-electron chi connectivity index (χ2n) is 5.71. The van der Waals surface area contributed by atoms with Crippen LogP contribution in [-0.2, 0) is 10.0 Å². The lowest BCUT2D eigenvalue weighted by Crippen LogP contribution is -2.48. The molecule has 0 radical (unpaired) electrons. The molecule has 2 fully saturated rings. The summed E-state index contributed by atoms with van der Waals surface area (Å²) in [7, 11) is -3.16. The second-order valence-corrected chi connectivity index (χ2v) is 7.70. The number of hydrogen-bond acceptors (Lipinski definition) is 5. The molecular formula is C12H24N4O3S. The third kappa shape index (κ3) is 4.07. The van der Waals surface area contributed by atoms with Crippen LogP contribution in [-0.4, -0.2) is 55.3 Å².